The Morgan fingerprint density at radius 2 is 1.75 bits per heavy atom. The molecule has 0 saturated heterocycles. The van der Waals surface area contributed by atoms with Crippen molar-refractivity contribution in [2.24, 2.45) is 0 Å². The average Bonchev–Trinajstić information content (AvgIpc) is 1.62. The predicted molar refractivity (Wildman–Crippen MR) is 43.2 cm³/mol. The van der Waals surface area contributed by atoms with Crippen molar-refractivity contribution in [2.75, 3.05) is 0 Å². The summed E-state index contributed by atoms with van der Waals surface area (Å²) in [5.41, 5.74) is 0. The summed E-state index contributed by atoms with van der Waals surface area (Å²) < 4.78 is -1.49. The number of hydrogen-bond acceptors (Lipinski definition) is 0. The quantitative estimate of drug-likeness (QED) is 0.580. The first-order chi connectivity index (χ1) is 3.48. The summed E-state index contributed by atoms with van der Waals surface area (Å²) in [5.74, 6) is 0. The number of rotatable bonds is 0. The topological polar surface area (TPSA) is 0 Å². The molecule has 0 spiro atoms. The first-order valence-corrected chi connectivity index (χ1v) is 3.94. The Kier molecular flexibility index (Phi) is 4.13. The molecule has 0 aliphatic rings. The van der Waals surface area contributed by atoms with Crippen LogP contribution in [0, 0.1) is 0 Å². The Bertz CT molecular complexity index is 102. The fraction of sp³-hybridized carbons (Fsp3) is 0.333. The van der Waals surface area contributed by atoms with Crippen LogP contribution in [-0.4, -0.2) is 3.79 Å². The summed E-state index contributed by atoms with van der Waals surface area (Å²) in [6, 6.07) is 0. The van der Waals surface area contributed by atoms with Crippen molar-refractivity contribution < 1.29 is 0 Å². The van der Waals surface area contributed by atoms with E-state index in [9.17, 15) is 0 Å². The van der Waals surface area contributed by atoms with Crippen LogP contribution in [-0.2, 0) is 0 Å². The van der Waals surface area contributed by atoms with Gasteiger partial charge < -0.3 is 0 Å². The maximum absolute atomic E-state index is 5.36. The minimum atomic E-state index is -1.49. The first kappa shape index (κ1) is 9.38. The van der Waals surface area contributed by atoms with E-state index >= 15 is 0 Å². The fourth-order valence-corrected chi connectivity index (χ4v) is 0.964. The Hall–Kier alpha value is 1.38. The fourth-order valence-electron chi connectivity index (χ4n) is 0.0619. The van der Waals surface area contributed by atoms with E-state index in [0.717, 1.165) is 0 Å². The molecule has 0 amide bonds. The molecule has 0 nitrogen and oxygen atoms in total. The Balaban J connectivity index is 4.03. The van der Waals surface area contributed by atoms with E-state index in [-0.39, 0.29) is 5.03 Å². The molecule has 0 saturated carbocycles. The lowest BCUT2D eigenvalue weighted by molar-refractivity contribution is 1.43. The van der Waals surface area contributed by atoms with Crippen LogP contribution in [0.3, 0.4) is 0 Å². The molecule has 0 aromatic heterocycles. The van der Waals surface area contributed by atoms with Crippen LogP contribution >= 0.6 is 62.3 Å². The largest absolute Gasteiger partial charge is 0.226 e. The van der Waals surface area contributed by atoms with Gasteiger partial charge in [0, 0.05) is 4.99 Å². The average molecular weight is 259 g/mol. The van der Waals surface area contributed by atoms with E-state index < -0.39 is 3.79 Å². The van der Waals surface area contributed by atoms with Gasteiger partial charge in [0.2, 0.25) is 3.79 Å². The highest BCUT2D eigenvalue weighted by Crippen LogP contribution is 2.37. The highest BCUT2D eigenvalue weighted by molar-refractivity contribution is 9.11. The molecule has 0 fully saturated rings. The van der Waals surface area contributed by atoms with Crippen molar-refractivity contribution >= 4 is 62.3 Å². The van der Waals surface area contributed by atoms with E-state index in [4.69, 9.17) is 46.4 Å². The molecule has 0 rings (SSSR count). The van der Waals surface area contributed by atoms with Gasteiger partial charge in [0.25, 0.3) is 0 Å². The molecule has 8 heavy (non-hydrogen) atoms. The van der Waals surface area contributed by atoms with Crippen LogP contribution in [0.1, 0.15) is 0 Å². The van der Waals surface area contributed by atoms with Gasteiger partial charge in [0.05, 0.1) is 5.03 Å². The number of halogens is 5. The smallest absolute Gasteiger partial charge is 0.0839 e. The molecule has 0 N–H and O–H groups in total. The van der Waals surface area contributed by atoms with E-state index in [0.29, 0.717) is 0 Å². The normalized spacial score (nSPS) is 14.4. The molecular formula is C3HBrCl4. The molecule has 0 heterocycles. The van der Waals surface area contributed by atoms with Gasteiger partial charge in [-0.25, -0.2) is 0 Å². The van der Waals surface area contributed by atoms with Crippen LogP contribution in [0.4, 0.5) is 0 Å². The highest BCUT2D eigenvalue weighted by atomic mass is 79.9. The van der Waals surface area contributed by atoms with E-state index in [1.165, 1.54) is 4.99 Å². The Morgan fingerprint density at radius 3 is 1.75 bits per heavy atom. The molecule has 0 aromatic carbocycles. The standard InChI is InChI=1S/C3HBrCl4/c4-1-2(5)3(6,7)8/h1H. The molecule has 0 aromatic rings. The number of hydrogen-bond donors (Lipinski definition) is 0. The summed E-state index contributed by atoms with van der Waals surface area (Å²) in [4.78, 5) is 1.35. The molecular weight excluding hydrogens is 258 g/mol. The second kappa shape index (κ2) is 3.52. The number of alkyl halides is 3. The summed E-state index contributed by atoms with van der Waals surface area (Å²) in [6.07, 6.45) is 0. The van der Waals surface area contributed by atoms with Crippen molar-refractivity contribution in [1.29, 1.82) is 0 Å². The van der Waals surface area contributed by atoms with Gasteiger partial charge in [-0.15, -0.1) is 0 Å². The maximum atomic E-state index is 5.36. The summed E-state index contributed by atoms with van der Waals surface area (Å²) in [6.45, 7) is 0. The lowest BCUT2D eigenvalue weighted by Crippen LogP contribution is -1.99. The van der Waals surface area contributed by atoms with Gasteiger partial charge in [-0.1, -0.05) is 62.3 Å². The van der Waals surface area contributed by atoms with Crippen molar-refractivity contribution in [1.82, 2.24) is 0 Å². The van der Waals surface area contributed by atoms with Crippen LogP contribution in [0.2, 0.25) is 0 Å². The van der Waals surface area contributed by atoms with Crippen LogP contribution in [0.15, 0.2) is 10.0 Å². The molecule has 0 atom stereocenters. The van der Waals surface area contributed by atoms with E-state index in [2.05, 4.69) is 15.9 Å². The Labute approximate surface area is 75.9 Å². The molecule has 0 aliphatic carbocycles. The van der Waals surface area contributed by atoms with Gasteiger partial charge in [0.1, 0.15) is 0 Å². The maximum Gasteiger partial charge on any atom is 0.226 e. The summed E-state index contributed by atoms with van der Waals surface area (Å²) in [5, 5.41) is 0.141. The van der Waals surface area contributed by atoms with Crippen LogP contribution < -0.4 is 0 Å². The van der Waals surface area contributed by atoms with Crippen molar-refractivity contribution in [3.63, 3.8) is 0 Å². The zero-order valence-corrected chi connectivity index (χ0v) is 8.08. The van der Waals surface area contributed by atoms with Crippen molar-refractivity contribution in [3.05, 3.63) is 10.0 Å². The van der Waals surface area contributed by atoms with Gasteiger partial charge >= 0.3 is 0 Å². The molecule has 0 aliphatic heterocycles. The number of allylic oxidation sites excluding steroid dienone is 1. The second-order valence-electron chi connectivity index (χ2n) is 0.955. The zero-order chi connectivity index (χ0) is 6.78. The van der Waals surface area contributed by atoms with Gasteiger partial charge in [-0.05, 0) is 0 Å². The Morgan fingerprint density at radius 1 is 1.38 bits per heavy atom. The second-order valence-corrected chi connectivity index (χ2v) is 4.10. The van der Waals surface area contributed by atoms with E-state index in [1.807, 2.05) is 0 Å². The summed E-state index contributed by atoms with van der Waals surface area (Å²) >= 11 is 24.1. The predicted octanol–water partition coefficient (Wildman–Crippen LogP) is 3.83. The van der Waals surface area contributed by atoms with Gasteiger partial charge in [-0.2, -0.15) is 0 Å². The van der Waals surface area contributed by atoms with Crippen molar-refractivity contribution in [2.45, 2.75) is 3.79 Å². The van der Waals surface area contributed by atoms with Crippen LogP contribution in [0.25, 0.3) is 0 Å². The summed E-state index contributed by atoms with van der Waals surface area (Å²) in [7, 11) is 0. The van der Waals surface area contributed by atoms with E-state index in [1.54, 1.807) is 0 Å². The monoisotopic (exact) mass is 256 g/mol. The lowest BCUT2D eigenvalue weighted by atomic mass is 10.7. The molecule has 48 valence electrons. The van der Waals surface area contributed by atoms with Crippen molar-refractivity contribution in [3.8, 4) is 0 Å². The molecule has 0 radical (unpaired) electrons. The minimum absolute atomic E-state index is 0.141. The first-order valence-electron chi connectivity index (χ1n) is 1.51. The third-order valence-electron chi connectivity index (χ3n) is 0.367. The third-order valence-corrected chi connectivity index (χ3v) is 2.38. The van der Waals surface area contributed by atoms with Crippen LogP contribution in [0.5, 0.6) is 0 Å². The van der Waals surface area contributed by atoms with Gasteiger partial charge in [-0.3, -0.25) is 0 Å². The molecule has 0 bridgehead atoms. The SMILES string of the molecule is ClC(=CBr)C(Cl)(Cl)Cl. The zero-order valence-electron chi connectivity index (χ0n) is 3.47. The lowest BCUT2D eigenvalue weighted by Gasteiger charge is -2.06. The molecule has 0 unspecified atom stereocenters. The third kappa shape index (κ3) is 3.41. The minimum Gasteiger partial charge on any atom is -0.0839 e. The highest BCUT2D eigenvalue weighted by Gasteiger charge is 2.23. The van der Waals surface area contributed by atoms with Gasteiger partial charge in [0.15, 0.2) is 0 Å². The molecule has 5 heteroatoms.